The number of hydrogen-bond donors (Lipinski definition) is 3. The normalized spacial score (nSPS) is 18.3. The molecule has 1 aromatic rings. The molecule has 1 fully saturated rings. The fourth-order valence-corrected chi connectivity index (χ4v) is 2.45. The van der Waals surface area contributed by atoms with E-state index in [-0.39, 0.29) is 31.2 Å². The zero-order valence-electron chi connectivity index (χ0n) is 12.5. The molecule has 0 spiro atoms. The lowest BCUT2D eigenvalue weighted by Crippen LogP contribution is -2.56. The third-order valence-corrected chi connectivity index (χ3v) is 3.61. The molecular weight excluding hydrogens is 303 g/mol. The van der Waals surface area contributed by atoms with Crippen molar-refractivity contribution in [1.82, 2.24) is 15.5 Å². The number of halogens is 1. The van der Waals surface area contributed by atoms with Crippen molar-refractivity contribution in [3.05, 3.63) is 35.6 Å². The van der Waals surface area contributed by atoms with Gasteiger partial charge < -0.3 is 16.4 Å². The highest BCUT2D eigenvalue weighted by Gasteiger charge is 2.31. The maximum Gasteiger partial charge on any atom is 0.237 e. The lowest BCUT2D eigenvalue weighted by molar-refractivity contribution is -0.134. The predicted octanol–water partition coefficient (Wildman–Crippen LogP) is -0.882. The van der Waals surface area contributed by atoms with Crippen LogP contribution in [-0.4, -0.2) is 48.3 Å². The van der Waals surface area contributed by atoms with E-state index in [0.29, 0.717) is 18.7 Å². The molecule has 1 saturated heterocycles. The van der Waals surface area contributed by atoms with E-state index in [9.17, 15) is 18.8 Å². The van der Waals surface area contributed by atoms with Crippen molar-refractivity contribution in [2.75, 3.05) is 19.6 Å². The number of piperazine rings is 1. The van der Waals surface area contributed by atoms with Gasteiger partial charge >= 0.3 is 0 Å². The van der Waals surface area contributed by atoms with Crippen LogP contribution in [0.15, 0.2) is 24.3 Å². The molecule has 1 aliphatic heterocycles. The number of rotatable bonds is 6. The summed E-state index contributed by atoms with van der Waals surface area (Å²) in [5, 5.41) is 5.04. The van der Waals surface area contributed by atoms with Crippen molar-refractivity contribution in [3.63, 3.8) is 0 Å². The minimum atomic E-state index is -0.712. The number of benzene rings is 1. The van der Waals surface area contributed by atoms with Crippen LogP contribution in [-0.2, 0) is 20.9 Å². The third kappa shape index (κ3) is 4.75. The van der Waals surface area contributed by atoms with Crippen LogP contribution >= 0.6 is 0 Å². The molecule has 7 nitrogen and oxygen atoms in total. The maximum absolute atomic E-state index is 13.8. The summed E-state index contributed by atoms with van der Waals surface area (Å²) < 4.78 is 13.8. The predicted molar refractivity (Wildman–Crippen MR) is 80.4 cm³/mol. The zero-order valence-corrected chi connectivity index (χ0v) is 12.5. The smallest absolute Gasteiger partial charge is 0.237 e. The molecule has 0 radical (unpaired) electrons. The molecule has 0 saturated carbocycles. The molecule has 8 heteroatoms. The van der Waals surface area contributed by atoms with Crippen LogP contribution in [0.25, 0.3) is 0 Å². The first-order valence-electron chi connectivity index (χ1n) is 7.27. The summed E-state index contributed by atoms with van der Waals surface area (Å²) in [5.41, 5.74) is 5.43. The Bertz CT molecular complexity index is 608. The van der Waals surface area contributed by atoms with E-state index in [1.54, 1.807) is 23.1 Å². The SMILES string of the molecule is NC(=O)CNC(=O)CC1C(=O)NCCN1Cc1ccccc1F. The van der Waals surface area contributed by atoms with Gasteiger partial charge in [-0.25, -0.2) is 4.39 Å². The van der Waals surface area contributed by atoms with Gasteiger partial charge in [0.15, 0.2) is 0 Å². The number of nitrogens with two attached hydrogens (primary N) is 1. The van der Waals surface area contributed by atoms with Gasteiger partial charge in [-0.2, -0.15) is 0 Å². The highest BCUT2D eigenvalue weighted by molar-refractivity contribution is 5.90. The summed E-state index contributed by atoms with van der Waals surface area (Å²) >= 11 is 0. The highest BCUT2D eigenvalue weighted by Crippen LogP contribution is 2.16. The van der Waals surface area contributed by atoms with E-state index in [1.165, 1.54) is 6.07 Å². The van der Waals surface area contributed by atoms with Gasteiger partial charge in [-0.05, 0) is 6.07 Å². The van der Waals surface area contributed by atoms with Gasteiger partial charge in [-0.3, -0.25) is 19.3 Å². The first-order valence-corrected chi connectivity index (χ1v) is 7.27. The lowest BCUT2D eigenvalue weighted by Gasteiger charge is -2.34. The van der Waals surface area contributed by atoms with Gasteiger partial charge in [0.25, 0.3) is 0 Å². The number of primary amides is 1. The number of nitrogens with zero attached hydrogens (tertiary/aromatic N) is 1. The Morgan fingerprint density at radius 3 is 2.83 bits per heavy atom. The molecule has 124 valence electrons. The van der Waals surface area contributed by atoms with Gasteiger partial charge in [-0.15, -0.1) is 0 Å². The second-order valence-electron chi connectivity index (χ2n) is 5.32. The van der Waals surface area contributed by atoms with E-state index >= 15 is 0 Å². The maximum atomic E-state index is 13.8. The second kappa shape index (κ2) is 7.68. The fraction of sp³-hybridized carbons (Fsp3) is 0.400. The Morgan fingerprint density at radius 1 is 1.39 bits per heavy atom. The van der Waals surface area contributed by atoms with Crippen molar-refractivity contribution in [3.8, 4) is 0 Å². The van der Waals surface area contributed by atoms with Crippen LogP contribution in [0.4, 0.5) is 4.39 Å². The first-order chi connectivity index (χ1) is 11.0. The molecule has 3 amide bonds. The van der Waals surface area contributed by atoms with Crippen molar-refractivity contribution in [2.24, 2.45) is 5.73 Å². The Morgan fingerprint density at radius 2 is 2.13 bits per heavy atom. The summed E-state index contributed by atoms with van der Waals surface area (Å²) in [6.07, 6.45) is -0.117. The first kappa shape index (κ1) is 16.9. The number of hydrogen-bond acceptors (Lipinski definition) is 4. The van der Waals surface area contributed by atoms with Gasteiger partial charge in [0, 0.05) is 25.2 Å². The Kier molecular flexibility index (Phi) is 5.64. The molecule has 0 bridgehead atoms. The third-order valence-electron chi connectivity index (χ3n) is 3.61. The number of carbonyl (C=O) groups excluding carboxylic acids is 3. The topological polar surface area (TPSA) is 105 Å². The largest absolute Gasteiger partial charge is 0.368 e. The average molecular weight is 322 g/mol. The monoisotopic (exact) mass is 322 g/mol. The van der Waals surface area contributed by atoms with Crippen molar-refractivity contribution in [2.45, 2.75) is 19.0 Å². The summed E-state index contributed by atoms with van der Waals surface area (Å²) in [6.45, 7) is 0.898. The van der Waals surface area contributed by atoms with E-state index < -0.39 is 17.9 Å². The van der Waals surface area contributed by atoms with E-state index in [0.717, 1.165) is 0 Å². The Labute approximate surface area is 133 Å². The van der Waals surface area contributed by atoms with Crippen LogP contribution in [0.5, 0.6) is 0 Å². The van der Waals surface area contributed by atoms with Gasteiger partial charge in [-0.1, -0.05) is 18.2 Å². The van der Waals surface area contributed by atoms with E-state index in [1.807, 2.05) is 0 Å². The van der Waals surface area contributed by atoms with Crippen LogP contribution in [0, 0.1) is 5.82 Å². The number of carbonyl (C=O) groups is 3. The van der Waals surface area contributed by atoms with Crippen molar-refractivity contribution in [1.29, 1.82) is 0 Å². The second-order valence-corrected chi connectivity index (χ2v) is 5.32. The molecule has 1 heterocycles. The molecule has 0 aliphatic carbocycles. The highest BCUT2D eigenvalue weighted by atomic mass is 19.1. The zero-order chi connectivity index (χ0) is 16.8. The fourth-order valence-electron chi connectivity index (χ4n) is 2.45. The van der Waals surface area contributed by atoms with Gasteiger partial charge in [0.05, 0.1) is 19.0 Å². The summed E-state index contributed by atoms with van der Waals surface area (Å²) in [5.74, 6) is -1.75. The molecule has 1 aliphatic rings. The van der Waals surface area contributed by atoms with Gasteiger partial charge in [0.2, 0.25) is 17.7 Å². The average Bonchev–Trinajstić information content (AvgIpc) is 2.51. The Balaban J connectivity index is 2.04. The number of nitrogens with one attached hydrogen (secondary N) is 2. The molecule has 1 atom stereocenters. The number of amides is 3. The molecule has 0 aromatic heterocycles. The minimum absolute atomic E-state index is 0.117. The van der Waals surface area contributed by atoms with Crippen molar-refractivity contribution < 1.29 is 18.8 Å². The standard InChI is InChI=1S/C15H19FN4O3/c16-11-4-2-1-3-10(11)9-20-6-5-18-15(23)12(20)7-14(22)19-8-13(17)21/h1-4,12H,5-9H2,(H2,17,21)(H,18,23)(H,19,22). The minimum Gasteiger partial charge on any atom is -0.368 e. The van der Waals surface area contributed by atoms with Crippen LogP contribution in [0.3, 0.4) is 0 Å². The molecule has 23 heavy (non-hydrogen) atoms. The summed E-state index contributed by atoms with van der Waals surface area (Å²) in [7, 11) is 0. The quantitative estimate of drug-likeness (QED) is 0.632. The molecule has 1 aromatic carbocycles. The van der Waals surface area contributed by atoms with Crippen molar-refractivity contribution >= 4 is 17.7 Å². The van der Waals surface area contributed by atoms with Crippen LogP contribution in [0.2, 0.25) is 0 Å². The van der Waals surface area contributed by atoms with E-state index in [4.69, 9.17) is 5.73 Å². The molecule has 4 N–H and O–H groups in total. The van der Waals surface area contributed by atoms with Crippen LogP contribution < -0.4 is 16.4 Å². The van der Waals surface area contributed by atoms with E-state index in [2.05, 4.69) is 10.6 Å². The summed E-state index contributed by atoms with van der Waals surface area (Å²) in [6, 6.07) is 5.60. The van der Waals surface area contributed by atoms with Gasteiger partial charge in [0.1, 0.15) is 5.82 Å². The molecule has 1 unspecified atom stereocenters. The lowest BCUT2D eigenvalue weighted by atomic mass is 10.1. The van der Waals surface area contributed by atoms with Crippen LogP contribution in [0.1, 0.15) is 12.0 Å². The summed E-state index contributed by atoms with van der Waals surface area (Å²) in [4.78, 5) is 36.3. The Hall–Kier alpha value is -2.48. The molecular formula is C15H19FN4O3. The molecule has 2 rings (SSSR count).